The van der Waals surface area contributed by atoms with Gasteiger partial charge in [0.05, 0.1) is 30.0 Å². The standard InChI is InChI=1S/C15H14BrNO5/c1-20-15(19)10-4-5-13(12(16)7-10)22-9-14(18)17-8-11-3-2-6-21-11/h2-7H,8-9H2,1H3,(H,17,18). The van der Waals surface area contributed by atoms with Gasteiger partial charge in [-0.25, -0.2) is 4.79 Å². The Labute approximate surface area is 135 Å². The van der Waals surface area contributed by atoms with Gasteiger partial charge in [0, 0.05) is 0 Å². The second-order valence-corrected chi connectivity index (χ2v) is 5.14. The molecule has 0 radical (unpaired) electrons. The van der Waals surface area contributed by atoms with E-state index >= 15 is 0 Å². The molecule has 2 rings (SSSR count). The van der Waals surface area contributed by atoms with E-state index in [1.807, 2.05) is 0 Å². The fraction of sp³-hybridized carbons (Fsp3) is 0.200. The van der Waals surface area contributed by atoms with Crippen LogP contribution in [0.1, 0.15) is 16.1 Å². The van der Waals surface area contributed by atoms with Crippen LogP contribution in [0, 0.1) is 0 Å². The van der Waals surface area contributed by atoms with E-state index in [-0.39, 0.29) is 12.5 Å². The molecule has 7 heteroatoms. The van der Waals surface area contributed by atoms with Crippen molar-refractivity contribution < 1.29 is 23.5 Å². The van der Waals surface area contributed by atoms with Crippen molar-refractivity contribution in [2.45, 2.75) is 6.54 Å². The van der Waals surface area contributed by atoms with Gasteiger partial charge >= 0.3 is 5.97 Å². The second-order valence-electron chi connectivity index (χ2n) is 4.28. The number of methoxy groups -OCH3 is 1. The number of carbonyl (C=O) groups is 2. The summed E-state index contributed by atoms with van der Waals surface area (Å²) in [7, 11) is 1.31. The fourth-order valence-corrected chi connectivity index (χ4v) is 2.15. The lowest BCUT2D eigenvalue weighted by Crippen LogP contribution is -2.28. The molecule has 116 valence electrons. The molecule has 1 amide bonds. The van der Waals surface area contributed by atoms with Crippen molar-refractivity contribution in [2.24, 2.45) is 0 Å². The molecule has 0 aliphatic rings. The lowest BCUT2D eigenvalue weighted by atomic mass is 10.2. The second kappa shape index (κ2) is 7.65. The van der Waals surface area contributed by atoms with Crippen LogP contribution in [-0.4, -0.2) is 25.6 Å². The number of halogens is 1. The van der Waals surface area contributed by atoms with E-state index in [1.165, 1.54) is 13.4 Å². The molecule has 22 heavy (non-hydrogen) atoms. The fourth-order valence-electron chi connectivity index (χ4n) is 1.66. The molecule has 1 aromatic carbocycles. The summed E-state index contributed by atoms with van der Waals surface area (Å²) in [6.45, 7) is 0.161. The Balaban J connectivity index is 1.85. The lowest BCUT2D eigenvalue weighted by Gasteiger charge is -2.09. The highest BCUT2D eigenvalue weighted by molar-refractivity contribution is 9.10. The largest absolute Gasteiger partial charge is 0.483 e. The van der Waals surface area contributed by atoms with E-state index in [0.29, 0.717) is 28.1 Å². The topological polar surface area (TPSA) is 77.8 Å². The molecular weight excluding hydrogens is 354 g/mol. The summed E-state index contributed by atoms with van der Waals surface area (Å²) in [6, 6.07) is 8.24. The first-order valence-corrected chi connectivity index (χ1v) is 7.19. The van der Waals surface area contributed by atoms with Crippen molar-refractivity contribution in [3.05, 3.63) is 52.4 Å². The van der Waals surface area contributed by atoms with Crippen molar-refractivity contribution in [1.29, 1.82) is 0 Å². The lowest BCUT2D eigenvalue weighted by molar-refractivity contribution is -0.123. The molecule has 1 heterocycles. The molecule has 0 fully saturated rings. The summed E-state index contributed by atoms with van der Waals surface area (Å²) in [5.41, 5.74) is 0.393. The number of furan rings is 1. The Hall–Kier alpha value is -2.28. The number of ether oxygens (including phenoxy) is 2. The van der Waals surface area contributed by atoms with Gasteiger partial charge in [-0.1, -0.05) is 0 Å². The number of esters is 1. The van der Waals surface area contributed by atoms with Crippen molar-refractivity contribution in [1.82, 2.24) is 5.32 Å². The third-order valence-electron chi connectivity index (χ3n) is 2.75. The Morgan fingerprint density at radius 1 is 1.32 bits per heavy atom. The van der Waals surface area contributed by atoms with Gasteiger partial charge in [-0.15, -0.1) is 0 Å². The maximum Gasteiger partial charge on any atom is 0.337 e. The van der Waals surface area contributed by atoms with E-state index in [9.17, 15) is 9.59 Å². The van der Waals surface area contributed by atoms with Crippen LogP contribution in [0.25, 0.3) is 0 Å². The van der Waals surface area contributed by atoms with Gasteiger partial charge in [0.15, 0.2) is 6.61 Å². The summed E-state index contributed by atoms with van der Waals surface area (Å²) < 4.78 is 15.7. The average Bonchev–Trinajstić information content (AvgIpc) is 3.04. The predicted octanol–water partition coefficient (Wildman–Crippen LogP) is 2.52. The quantitative estimate of drug-likeness (QED) is 0.793. The third kappa shape index (κ3) is 4.36. The molecule has 2 aromatic rings. The number of rotatable bonds is 6. The molecule has 0 saturated carbocycles. The number of benzene rings is 1. The smallest absolute Gasteiger partial charge is 0.337 e. The summed E-state index contributed by atoms with van der Waals surface area (Å²) in [5.74, 6) is 0.404. The number of amides is 1. The van der Waals surface area contributed by atoms with Crippen LogP contribution in [0.5, 0.6) is 5.75 Å². The maximum atomic E-state index is 11.7. The van der Waals surface area contributed by atoms with Crippen LogP contribution >= 0.6 is 15.9 Å². The van der Waals surface area contributed by atoms with Gasteiger partial charge < -0.3 is 19.2 Å². The minimum Gasteiger partial charge on any atom is -0.483 e. The third-order valence-corrected chi connectivity index (χ3v) is 3.37. The Bertz CT molecular complexity index is 654. The molecule has 1 aromatic heterocycles. The molecule has 0 bridgehead atoms. The van der Waals surface area contributed by atoms with Gasteiger partial charge in [0.1, 0.15) is 11.5 Å². The summed E-state index contributed by atoms with van der Waals surface area (Å²) >= 11 is 3.29. The van der Waals surface area contributed by atoms with Crippen LogP contribution < -0.4 is 10.1 Å². The zero-order chi connectivity index (χ0) is 15.9. The molecule has 0 atom stereocenters. The first-order valence-electron chi connectivity index (χ1n) is 6.40. The first kappa shape index (κ1) is 16.1. The van der Waals surface area contributed by atoms with E-state index in [4.69, 9.17) is 9.15 Å². The molecule has 0 aliphatic heterocycles. The summed E-state index contributed by atoms with van der Waals surface area (Å²) in [5, 5.41) is 2.67. The van der Waals surface area contributed by atoms with Crippen LogP contribution in [0.2, 0.25) is 0 Å². The van der Waals surface area contributed by atoms with Crippen LogP contribution in [0.15, 0.2) is 45.5 Å². The summed E-state index contributed by atoms with van der Waals surface area (Å²) in [4.78, 5) is 23.1. The highest BCUT2D eigenvalue weighted by atomic mass is 79.9. The van der Waals surface area contributed by atoms with Gasteiger partial charge in [-0.2, -0.15) is 0 Å². The van der Waals surface area contributed by atoms with Crippen LogP contribution in [0.4, 0.5) is 0 Å². The molecular formula is C15H14BrNO5. The average molecular weight is 368 g/mol. The van der Waals surface area contributed by atoms with E-state index in [0.717, 1.165) is 0 Å². The maximum absolute atomic E-state index is 11.7. The number of hydrogen-bond donors (Lipinski definition) is 1. The SMILES string of the molecule is COC(=O)c1ccc(OCC(=O)NCc2ccco2)c(Br)c1. The van der Waals surface area contributed by atoms with Crippen molar-refractivity contribution in [3.8, 4) is 5.75 Å². The predicted molar refractivity (Wildman–Crippen MR) is 81.5 cm³/mol. The normalized spacial score (nSPS) is 10.1. The number of hydrogen-bond acceptors (Lipinski definition) is 5. The minimum atomic E-state index is -0.441. The van der Waals surface area contributed by atoms with Crippen molar-refractivity contribution >= 4 is 27.8 Å². The monoisotopic (exact) mass is 367 g/mol. The molecule has 6 nitrogen and oxygen atoms in total. The molecule has 1 N–H and O–H groups in total. The van der Waals surface area contributed by atoms with Crippen LogP contribution in [0.3, 0.4) is 0 Å². The van der Waals surface area contributed by atoms with Crippen molar-refractivity contribution in [3.63, 3.8) is 0 Å². The van der Waals surface area contributed by atoms with Gasteiger partial charge in [-0.05, 0) is 46.3 Å². The number of nitrogens with one attached hydrogen (secondary N) is 1. The first-order chi connectivity index (χ1) is 10.6. The zero-order valence-electron chi connectivity index (χ0n) is 11.8. The van der Waals surface area contributed by atoms with Crippen molar-refractivity contribution in [2.75, 3.05) is 13.7 Å². The Morgan fingerprint density at radius 2 is 2.14 bits per heavy atom. The highest BCUT2D eigenvalue weighted by Gasteiger charge is 2.10. The Kier molecular flexibility index (Phi) is 5.60. The minimum absolute atomic E-state index is 0.142. The Morgan fingerprint density at radius 3 is 2.77 bits per heavy atom. The molecule has 0 saturated heterocycles. The van der Waals surface area contributed by atoms with Gasteiger partial charge in [0.25, 0.3) is 5.91 Å². The molecule has 0 aliphatic carbocycles. The van der Waals surface area contributed by atoms with Crippen LogP contribution in [-0.2, 0) is 16.1 Å². The number of carbonyl (C=O) groups excluding carboxylic acids is 2. The molecule has 0 spiro atoms. The van der Waals surface area contributed by atoms with Gasteiger partial charge in [-0.3, -0.25) is 4.79 Å². The zero-order valence-corrected chi connectivity index (χ0v) is 13.4. The van der Waals surface area contributed by atoms with E-state index in [1.54, 1.807) is 30.3 Å². The van der Waals surface area contributed by atoms with Gasteiger partial charge in [0.2, 0.25) is 0 Å². The summed E-state index contributed by atoms with van der Waals surface area (Å²) in [6.07, 6.45) is 1.54. The van der Waals surface area contributed by atoms with E-state index < -0.39 is 5.97 Å². The highest BCUT2D eigenvalue weighted by Crippen LogP contribution is 2.26. The van der Waals surface area contributed by atoms with E-state index in [2.05, 4.69) is 26.0 Å². The molecule has 0 unspecified atom stereocenters.